The molecular weight excluding hydrogens is 278 g/mol. The topological polar surface area (TPSA) is 85.3 Å². The summed E-state index contributed by atoms with van der Waals surface area (Å²) in [6.45, 7) is 0. The molecule has 0 bridgehead atoms. The lowest BCUT2D eigenvalue weighted by molar-refractivity contribution is -0.117. The summed E-state index contributed by atoms with van der Waals surface area (Å²) in [6.07, 6.45) is 1.90. The summed E-state index contributed by atoms with van der Waals surface area (Å²) in [4.78, 5) is 16.2. The Bertz CT molecular complexity index is 866. The highest BCUT2D eigenvalue weighted by Crippen LogP contribution is 2.30. The number of aromatic nitrogens is 3. The van der Waals surface area contributed by atoms with E-state index in [9.17, 15) is 4.79 Å². The van der Waals surface area contributed by atoms with Crippen molar-refractivity contribution < 1.29 is 4.79 Å². The van der Waals surface area contributed by atoms with Gasteiger partial charge in [-0.3, -0.25) is 10.1 Å². The van der Waals surface area contributed by atoms with E-state index in [1.54, 1.807) is 4.52 Å². The van der Waals surface area contributed by atoms with E-state index in [2.05, 4.69) is 15.4 Å². The molecule has 0 unspecified atom stereocenters. The maximum Gasteiger partial charge on any atom is 0.249 e. The fourth-order valence-corrected chi connectivity index (χ4v) is 2.43. The zero-order valence-corrected chi connectivity index (χ0v) is 11.9. The van der Waals surface area contributed by atoms with Crippen LogP contribution in [0.2, 0.25) is 0 Å². The maximum absolute atomic E-state index is 11.8. The highest BCUT2D eigenvalue weighted by molar-refractivity contribution is 5.92. The minimum absolute atomic E-state index is 0.00131. The molecule has 1 saturated carbocycles. The van der Waals surface area contributed by atoms with E-state index >= 15 is 0 Å². The van der Waals surface area contributed by atoms with Crippen LogP contribution in [0.1, 0.15) is 12.8 Å². The van der Waals surface area contributed by atoms with Gasteiger partial charge in [0.15, 0.2) is 5.65 Å². The Labute approximate surface area is 127 Å². The monoisotopic (exact) mass is 293 g/mol. The standard InChI is InChI=1S/C16H15N5O/c17-12-4-1-3-11(9-12)13-5-2-6-14-18-16(20-21(13)14)19-15(22)10-7-8-10/h1-6,9-10H,7-8,17H2,(H,19,20,22). The van der Waals surface area contributed by atoms with E-state index in [0.717, 1.165) is 24.1 Å². The van der Waals surface area contributed by atoms with Crippen LogP contribution in [0.25, 0.3) is 16.9 Å². The molecule has 2 heterocycles. The summed E-state index contributed by atoms with van der Waals surface area (Å²) in [5, 5.41) is 7.18. The Morgan fingerprint density at radius 3 is 2.82 bits per heavy atom. The summed E-state index contributed by atoms with van der Waals surface area (Å²) < 4.78 is 1.72. The first-order valence-electron chi connectivity index (χ1n) is 7.23. The van der Waals surface area contributed by atoms with E-state index in [4.69, 9.17) is 5.73 Å². The van der Waals surface area contributed by atoms with Crippen LogP contribution in [0.3, 0.4) is 0 Å². The van der Waals surface area contributed by atoms with Crippen LogP contribution in [-0.2, 0) is 4.79 Å². The van der Waals surface area contributed by atoms with Crippen molar-refractivity contribution >= 4 is 23.2 Å². The number of nitrogen functional groups attached to an aromatic ring is 1. The molecule has 6 heteroatoms. The zero-order chi connectivity index (χ0) is 15.1. The van der Waals surface area contributed by atoms with Gasteiger partial charge in [0.2, 0.25) is 11.9 Å². The van der Waals surface area contributed by atoms with Crippen molar-refractivity contribution in [3.63, 3.8) is 0 Å². The zero-order valence-electron chi connectivity index (χ0n) is 11.9. The minimum Gasteiger partial charge on any atom is -0.399 e. The molecule has 0 saturated heterocycles. The van der Waals surface area contributed by atoms with E-state index < -0.39 is 0 Å². The molecule has 1 aromatic carbocycles. The summed E-state index contributed by atoms with van der Waals surface area (Å²) in [6, 6.07) is 13.3. The number of hydrogen-bond acceptors (Lipinski definition) is 4. The third kappa shape index (κ3) is 2.28. The molecule has 22 heavy (non-hydrogen) atoms. The van der Waals surface area contributed by atoms with Crippen molar-refractivity contribution in [2.45, 2.75) is 12.8 Å². The number of nitrogens with zero attached hydrogens (tertiary/aromatic N) is 3. The van der Waals surface area contributed by atoms with E-state index in [0.29, 0.717) is 17.3 Å². The van der Waals surface area contributed by atoms with Gasteiger partial charge in [-0.25, -0.2) is 4.52 Å². The van der Waals surface area contributed by atoms with Crippen LogP contribution in [0.15, 0.2) is 42.5 Å². The van der Waals surface area contributed by atoms with Crippen LogP contribution < -0.4 is 11.1 Å². The maximum atomic E-state index is 11.8. The highest BCUT2D eigenvalue weighted by atomic mass is 16.2. The predicted octanol–water partition coefficient (Wildman–Crippen LogP) is 2.33. The van der Waals surface area contributed by atoms with E-state index in [1.165, 1.54) is 0 Å². The number of rotatable bonds is 3. The largest absolute Gasteiger partial charge is 0.399 e. The lowest BCUT2D eigenvalue weighted by Gasteiger charge is -2.04. The molecule has 1 aliphatic rings. The number of fused-ring (bicyclic) bond motifs is 1. The molecule has 1 aliphatic carbocycles. The molecule has 6 nitrogen and oxygen atoms in total. The Kier molecular flexibility index (Phi) is 2.82. The lowest BCUT2D eigenvalue weighted by atomic mass is 10.1. The third-order valence-corrected chi connectivity index (χ3v) is 3.73. The van der Waals surface area contributed by atoms with Crippen molar-refractivity contribution in [2.24, 2.45) is 5.92 Å². The van der Waals surface area contributed by atoms with Gasteiger partial charge in [-0.1, -0.05) is 18.2 Å². The Hall–Kier alpha value is -2.89. The second-order valence-electron chi connectivity index (χ2n) is 5.51. The molecule has 0 atom stereocenters. The number of carbonyl (C=O) groups excluding carboxylic acids is 1. The van der Waals surface area contributed by atoms with Gasteiger partial charge in [-0.05, 0) is 37.1 Å². The van der Waals surface area contributed by atoms with Crippen molar-refractivity contribution in [2.75, 3.05) is 11.1 Å². The molecule has 110 valence electrons. The first-order chi connectivity index (χ1) is 10.7. The second-order valence-corrected chi connectivity index (χ2v) is 5.51. The number of benzene rings is 1. The molecule has 4 rings (SSSR count). The van der Waals surface area contributed by atoms with E-state index in [1.807, 2.05) is 42.5 Å². The fourth-order valence-electron chi connectivity index (χ4n) is 2.43. The summed E-state index contributed by atoms with van der Waals surface area (Å²) in [7, 11) is 0. The van der Waals surface area contributed by atoms with E-state index in [-0.39, 0.29) is 11.8 Å². The molecular formula is C16H15N5O. The van der Waals surface area contributed by atoms with Gasteiger partial charge in [0.05, 0.1) is 5.69 Å². The molecule has 3 aromatic rings. The van der Waals surface area contributed by atoms with Crippen molar-refractivity contribution in [1.82, 2.24) is 14.6 Å². The quantitative estimate of drug-likeness (QED) is 0.726. The molecule has 3 N–H and O–H groups in total. The SMILES string of the molecule is Nc1cccc(-c2cccc3nc(NC(=O)C4CC4)nn23)c1. The Balaban J connectivity index is 1.76. The van der Waals surface area contributed by atoms with Crippen LogP contribution in [-0.4, -0.2) is 20.5 Å². The average Bonchev–Trinajstić information content (AvgIpc) is 3.27. The fraction of sp³-hybridized carbons (Fsp3) is 0.188. The predicted molar refractivity (Wildman–Crippen MR) is 84.2 cm³/mol. The number of amides is 1. The molecule has 0 radical (unpaired) electrons. The number of anilines is 2. The highest BCUT2D eigenvalue weighted by Gasteiger charge is 2.30. The number of nitrogens with one attached hydrogen (secondary N) is 1. The van der Waals surface area contributed by atoms with Gasteiger partial charge in [-0.15, -0.1) is 5.10 Å². The van der Waals surface area contributed by atoms with Crippen molar-refractivity contribution in [1.29, 1.82) is 0 Å². The van der Waals surface area contributed by atoms with Gasteiger partial charge in [-0.2, -0.15) is 4.98 Å². The third-order valence-electron chi connectivity index (χ3n) is 3.73. The first-order valence-corrected chi connectivity index (χ1v) is 7.23. The smallest absolute Gasteiger partial charge is 0.249 e. The second kappa shape index (κ2) is 4.84. The van der Waals surface area contributed by atoms with Crippen LogP contribution in [0.5, 0.6) is 0 Å². The van der Waals surface area contributed by atoms with Crippen molar-refractivity contribution in [3.8, 4) is 11.3 Å². The van der Waals surface area contributed by atoms with Gasteiger partial charge in [0, 0.05) is 17.2 Å². The Morgan fingerprint density at radius 2 is 2.05 bits per heavy atom. The number of pyridine rings is 1. The van der Waals surface area contributed by atoms with Crippen LogP contribution in [0.4, 0.5) is 11.6 Å². The van der Waals surface area contributed by atoms with Gasteiger partial charge < -0.3 is 5.73 Å². The molecule has 1 amide bonds. The summed E-state index contributed by atoms with van der Waals surface area (Å²) in [5.74, 6) is 0.467. The van der Waals surface area contributed by atoms with Crippen LogP contribution >= 0.6 is 0 Å². The van der Waals surface area contributed by atoms with Gasteiger partial charge in [0.25, 0.3) is 0 Å². The minimum atomic E-state index is 0.00131. The van der Waals surface area contributed by atoms with Gasteiger partial charge >= 0.3 is 0 Å². The molecule has 0 spiro atoms. The first kappa shape index (κ1) is 12.8. The van der Waals surface area contributed by atoms with Gasteiger partial charge in [0.1, 0.15) is 0 Å². The normalized spacial score (nSPS) is 14.2. The Morgan fingerprint density at radius 1 is 1.23 bits per heavy atom. The lowest BCUT2D eigenvalue weighted by Crippen LogP contribution is -2.14. The number of hydrogen-bond donors (Lipinski definition) is 2. The van der Waals surface area contributed by atoms with Crippen molar-refractivity contribution in [3.05, 3.63) is 42.5 Å². The summed E-state index contributed by atoms with van der Waals surface area (Å²) in [5.41, 5.74) is 9.06. The molecule has 2 aromatic heterocycles. The summed E-state index contributed by atoms with van der Waals surface area (Å²) >= 11 is 0. The molecule has 1 fully saturated rings. The molecule has 0 aliphatic heterocycles. The average molecular weight is 293 g/mol. The number of nitrogens with two attached hydrogens (primary N) is 1. The van der Waals surface area contributed by atoms with Crippen LogP contribution in [0, 0.1) is 5.92 Å². The number of carbonyl (C=O) groups is 1.